The Morgan fingerprint density at radius 3 is 1.86 bits per heavy atom. The number of nitrogens with one attached hydrogen (secondary N) is 3. The lowest BCUT2D eigenvalue weighted by atomic mass is 10.1. The van der Waals surface area contributed by atoms with E-state index in [9.17, 15) is 4.79 Å². The fourth-order valence-electron chi connectivity index (χ4n) is 3.35. The molecule has 0 aliphatic heterocycles. The minimum Gasteiger partial charge on any atom is -0.478 e. The molecule has 37 heavy (non-hydrogen) atoms. The zero-order chi connectivity index (χ0) is 25.5. The lowest BCUT2D eigenvalue weighted by Crippen LogP contribution is -2.07. The summed E-state index contributed by atoms with van der Waals surface area (Å²) in [7, 11) is 0. The lowest BCUT2D eigenvalue weighted by Gasteiger charge is -2.10. The van der Waals surface area contributed by atoms with Crippen molar-refractivity contribution in [2.24, 2.45) is 5.10 Å². The van der Waals surface area contributed by atoms with Gasteiger partial charge >= 0.3 is 5.97 Å². The number of rotatable bonds is 9. The first-order chi connectivity index (χ1) is 18.1. The van der Waals surface area contributed by atoms with E-state index in [0.29, 0.717) is 23.4 Å². The monoisotopic (exact) mass is 491 g/mol. The Balaban J connectivity index is 1.32. The van der Waals surface area contributed by atoms with Crippen LogP contribution in [0.25, 0.3) is 11.3 Å². The third-order valence-corrected chi connectivity index (χ3v) is 5.09. The third-order valence-electron chi connectivity index (χ3n) is 5.09. The molecule has 2 aromatic heterocycles. The van der Waals surface area contributed by atoms with E-state index in [0.717, 1.165) is 16.9 Å². The smallest absolute Gasteiger partial charge is 0.335 e. The minimum absolute atomic E-state index is 0.209. The summed E-state index contributed by atoms with van der Waals surface area (Å²) in [6, 6.07) is 29.1. The Kier molecular flexibility index (Phi) is 6.80. The molecule has 3 aromatic carbocycles. The molecular formula is C27H21N7O3. The van der Waals surface area contributed by atoms with E-state index in [-0.39, 0.29) is 11.5 Å². The molecule has 4 N–H and O–H groups in total. The normalized spacial score (nSPS) is 10.8. The van der Waals surface area contributed by atoms with Crippen LogP contribution in [0.2, 0.25) is 0 Å². The molecule has 0 saturated carbocycles. The molecule has 0 bridgehead atoms. The average Bonchev–Trinajstić information content (AvgIpc) is 3.39. The number of carboxylic acids is 1. The minimum atomic E-state index is -0.979. The van der Waals surface area contributed by atoms with Crippen LogP contribution in [0.15, 0.2) is 107 Å². The summed E-state index contributed by atoms with van der Waals surface area (Å²) in [5.41, 5.74) is 5.43. The van der Waals surface area contributed by atoms with Gasteiger partial charge in [-0.3, -0.25) is 0 Å². The number of carboxylic acid groups (broad SMARTS) is 1. The molecule has 0 radical (unpaired) electrons. The van der Waals surface area contributed by atoms with E-state index in [4.69, 9.17) is 9.52 Å². The van der Waals surface area contributed by atoms with Crippen molar-refractivity contribution < 1.29 is 14.3 Å². The van der Waals surface area contributed by atoms with E-state index in [1.807, 2.05) is 60.7 Å². The number of furan rings is 1. The topological polar surface area (TPSA) is 138 Å². The maximum atomic E-state index is 11.0. The number of nitrogens with zero attached hydrogens (tertiary/aromatic N) is 4. The number of hydrazone groups is 1. The maximum absolute atomic E-state index is 11.0. The fraction of sp³-hybridized carbons (Fsp3) is 0. The SMILES string of the molecule is O=C(O)c1ccc(-c2ccc(C=NNc3nc(Nc4ccccc4)nc(Nc4ccccc4)n3)o2)cc1. The largest absolute Gasteiger partial charge is 0.478 e. The summed E-state index contributed by atoms with van der Waals surface area (Å²) in [4.78, 5) is 24.3. The predicted octanol–water partition coefficient (Wildman–Crippen LogP) is 5.76. The molecule has 0 fully saturated rings. The molecule has 0 amide bonds. The van der Waals surface area contributed by atoms with Crippen molar-refractivity contribution >= 4 is 41.4 Å². The maximum Gasteiger partial charge on any atom is 0.335 e. The lowest BCUT2D eigenvalue weighted by molar-refractivity contribution is 0.0697. The van der Waals surface area contributed by atoms with Gasteiger partial charge in [-0.2, -0.15) is 20.1 Å². The van der Waals surface area contributed by atoms with Crippen LogP contribution < -0.4 is 16.1 Å². The van der Waals surface area contributed by atoms with E-state index < -0.39 is 5.97 Å². The molecule has 5 rings (SSSR count). The average molecular weight is 492 g/mol. The predicted molar refractivity (Wildman–Crippen MR) is 142 cm³/mol. The van der Waals surface area contributed by atoms with Crippen molar-refractivity contribution in [2.45, 2.75) is 0 Å². The van der Waals surface area contributed by atoms with Gasteiger partial charge in [-0.05, 0) is 48.5 Å². The van der Waals surface area contributed by atoms with E-state index in [2.05, 4.69) is 36.1 Å². The standard InChI is InChI=1S/C27H21N7O3/c35-24(36)19-13-11-18(12-14-19)23-16-15-22(37-23)17-28-34-27-32-25(29-20-7-3-1-4-8-20)31-26(33-27)30-21-9-5-2-6-10-21/h1-17H,(H,35,36)(H3,29,30,31,32,33,34). The van der Waals surface area contributed by atoms with Gasteiger partial charge in [0.25, 0.3) is 0 Å². The highest BCUT2D eigenvalue weighted by Gasteiger charge is 2.09. The molecule has 0 saturated heterocycles. The quantitative estimate of drug-likeness (QED) is 0.150. The molecule has 0 aliphatic rings. The summed E-state index contributed by atoms with van der Waals surface area (Å²) in [6.07, 6.45) is 1.49. The highest BCUT2D eigenvalue weighted by Crippen LogP contribution is 2.22. The fourth-order valence-corrected chi connectivity index (χ4v) is 3.35. The number of aromatic carboxylic acids is 1. The Labute approximate surface area is 211 Å². The molecule has 0 unspecified atom stereocenters. The van der Waals surface area contributed by atoms with Crippen LogP contribution in [0.4, 0.5) is 29.2 Å². The van der Waals surface area contributed by atoms with E-state index in [1.54, 1.807) is 24.3 Å². The first-order valence-electron chi connectivity index (χ1n) is 11.3. The Morgan fingerprint density at radius 1 is 0.730 bits per heavy atom. The van der Waals surface area contributed by atoms with Crippen molar-refractivity contribution in [3.63, 3.8) is 0 Å². The van der Waals surface area contributed by atoms with E-state index >= 15 is 0 Å². The van der Waals surface area contributed by atoms with Crippen molar-refractivity contribution in [3.05, 3.63) is 108 Å². The van der Waals surface area contributed by atoms with E-state index in [1.165, 1.54) is 18.3 Å². The zero-order valence-corrected chi connectivity index (χ0v) is 19.4. The van der Waals surface area contributed by atoms with Gasteiger partial charge in [-0.15, -0.1) is 0 Å². The number of para-hydroxylation sites is 2. The summed E-state index contributed by atoms with van der Waals surface area (Å²) in [6.45, 7) is 0. The van der Waals surface area contributed by atoms with Crippen LogP contribution in [0.3, 0.4) is 0 Å². The first kappa shape index (κ1) is 23.2. The Bertz CT molecular complexity index is 1460. The van der Waals surface area contributed by atoms with Crippen molar-refractivity contribution in [3.8, 4) is 11.3 Å². The molecule has 0 aliphatic carbocycles. The van der Waals surface area contributed by atoms with Gasteiger partial charge in [0, 0.05) is 16.9 Å². The molecule has 10 nitrogen and oxygen atoms in total. The van der Waals surface area contributed by atoms with Gasteiger partial charge < -0.3 is 20.2 Å². The Hall–Kier alpha value is -5.51. The highest BCUT2D eigenvalue weighted by molar-refractivity contribution is 5.88. The van der Waals surface area contributed by atoms with Crippen LogP contribution in [-0.2, 0) is 0 Å². The molecule has 2 heterocycles. The molecule has 182 valence electrons. The van der Waals surface area contributed by atoms with Crippen LogP contribution in [0, 0.1) is 0 Å². The van der Waals surface area contributed by atoms with Crippen molar-refractivity contribution in [1.82, 2.24) is 15.0 Å². The molecule has 0 atom stereocenters. The summed E-state index contributed by atoms with van der Waals surface area (Å²) < 4.78 is 5.80. The van der Waals surface area contributed by atoms with Crippen LogP contribution in [-0.4, -0.2) is 32.2 Å². The van der Waals surface area contributed by atoms with Gasteiger partial charge in [0.05, 0.1) is 11.8 Å². The number of hydrogen-bond donors (Lipinski definition) is 4. The number of benzene rings is 3. The van der Waals surface area contributed by atoms with Crippen LogP contribution in [0.1, 0.15) is 16.1 Å². The summed E-state index contributed by atoms with van der Waals surface area (Å²) >= 11 is 0. The van der Waals surface area contributed by atoms with Crippen LogP contribution in [0.5, 0.6) is 0 Å². The van der Waals surface area contributed by atoms with Gasteiger partial charge in [-0.1, -0.05) is 48.5 Å². The number of anilines is 5. The molecular weight excluding hydrogens is 470 g/mol. The number of carbonyl (C=O) groups is 1. The van der Waals surface area contributed by atoms with Crippen molar-refractivity contribution in [2.75, 3.05) is 16.1 Å². The molecule has 5 aromatic rings. The van der Waals surface area contributed by atoms with Gasteiger partial charge in [0.15, 0.2) is 0 Å². The highest BCUT2D eigenvalue weighted by atomic mass is 16.4. The van der Waals surface area contributed by atoms with Gasteiger partial charge in [-0.25, -0.2) is 10.2 Å². The second kappa shape index (κ2) is 10.8. The number of hydrogen-bond acceptors (Lipinski definition) is 9. The summed E-state index contributed by atoms with van der Waals surface area (Å²) in [5.74, 6) is 0.989. The number of aromatic nitrogens is 3. The second-order valence-electron chi connectivity index (χ2n) is 7.74. The zero-order valence-electron chi connectivity index (χ0n) is 19.4. The molecule has 10 heteroatoms. The van der Waals surface area contributed by atoms with Gasteiger partial charge in [0.1, 0.15) is 11.5 Å². The van der Waals surface area contributed by atoms with Crippen molar-refractivity contribution in [1.29, 1.82) is 0 Å². The van der Waals surface area contributed by atoms with Crippen LogP contribution >= 0.6 is 0 Å². The second-order valence-corrected chi connectivity index (χ2v) is 7.74. The molecule has 0 spiro atoms. The Morgan fingerprint density at radius 2 is 1.30 bits per heavy atom. The first-order valence-corrected chi connectivity index (χ1v) is 11.3. The third kappa shape index (κ3) is 6.14. The van der Waals surface area contributed by atoms with Gasteiger partial charge in [0.2, 0.25) is 17.8 Å². The summed E-state index contributed by atoms with van der Waals surface area (Å²) in [5, 5.41) is 19.6.